The van der Waals surface area contributed by atoms with Crippen molar-refractivity contribution in [3.8, 4) is 0 Å². The van der Waals surface area contributed by atoms with Gasteiger partial charge in [0.1, 0.15) is 0 Å². The minimum absolute atomic E-state index is 0.0465. The fourth-order valence-electron chi connectivity index (χ4n) is 1.60. The van der Waals surface area contributed by atoms with E-state index in [0.717, 1.165) is 5.69 Å². The van der Waals surface area contributed by atoms with Gasteiger partial charge in [0.25, 0.3) is 5.69 Å². The van der Waals surface area contributed by atoms with Crippen LogP contribution in [0, 0.1) is 10.1 Å². The Morgan fingerprint density at radius 3 is 2.29 bits per heavy atom. The number of carbonyl (C=O) groups is 1. The molecule has 0 heterocycles. The molecule has 0 saturated heterocycles. The number of nitro benzene ring substituents is 1. The molecule has 5 nitrogen and oxygen atoms in total. The molecule has 21 heavy (non-hydrogen) atoms. The molecule has 6 heteroatoms. The maximum absolute atomic E-state index is 11.9. The lowest BCUT2D eigenvalue weighted by Crippen LogP contribution is -1.97. The van der Waals surface area contributed by atoms with Gasteiger partial charge in [0.15, 0.2) is 5.78 Å². The summed E-state index contributed by atoms with van der Waals surface area (Å²) >= 11 is 5.76. The normalized spacial score (nSPS) is 10.5. The topological polar surface area (TPSA) is 72.2 Å². The molecule has 2 aromatic rings. The van der Waals surface area contributed by atoms with Crippen molar-refractivity contribution in [2.45, 2.75) is 0 Å². The van der Waals surface area contributed by atoms with Gasteiger partial charge in [-0.15, -0.1) is 0 Å². The van der Waals surface area contributed by atoms with Crippen LogP contribution in [0.4, 0.5) is 11.4 Å². The highest BCUT2D eigenvalue weighted by Crippen LogP contribution is 2.14. The molecular weight excluding hydrogens is 292 g/mol. The molecule has 2 aromatic carbocycles. The number of anilines is 1. The highest BCUT2D eigenvalue weighted by atomic mass is 35.5. The fourth-order valence-corrected chi connectivity index (χ4v) is 1.73. The van der Waals surface area contributed by atoms with E-state index < -0.39 is 4.92 Å². The monoisotopic (exact) mass is 302 g/mol. The first-order valence-corrected chi connectivity index (χ1v) is 6.41. The first kappa shape index (κ1) is 14.7. The largest absolute Gasteiger partial charge is 0.362 e. The number of hydrogen-bond acceptors (Lipinski definition) is 4. The number of rotatable bonds is 5. The number of nitrogens with one attached hydrogen (secondary N) is 1. The zero-order chi connectivity index (χ0) is 15.2. The zero-order valence-corrected chi connectivity index (χ0v) is 11.6. The van der Waals surface area contributed by atoms with Gasteiger partial charge in [0.2, 0.25) is 0 Å². The molecule has 1 N–H and O–H groups in total. The zero-order valence-electron chi connectivity index (χ0n) is 10.8. The van der Waals surface area contributed by atoms with Gasteiger partial charge < -0.3 is 5.32 Å². The number of nitro groups is 1. The molecule has 0 aliphatic rings. The first-order valence-electron chi connectivity index (χ1n) is 6.04. The summed E-state index contributed by atoms with van der Waals surface area (Å²) in [5, 5.41) is 14.1. The number of carbonyl (C=O) groups excluding carboxylic acids is 1. The first-order chi connectivity index (χ1) is 10.1. The lowest BCUT2D eigenvalue weighted by molar-refractivity contribution is -0.384. The molecule has 0 bridgehead atoms. The quantitative estimate of drug-likeness (QED) is 0.391. The Morgan fingerprint density at radius 1 is 1.10 bits per heavy atom. The summed E-state index contributed by atoms with van der Waals surface area (Å²) in [5.74, 6) is -0.244. The SMILES string of the molecule is O=C(C=CNc1ccc(Cl)cc1)c1ccc([N+](=O)[O-])cc1. The third-order valence-electron chi connectivity index (χ3n) is 2.69. The maximum atomic E-state index is 11.9. The summed E-state index contributed by atoms with van der Waals surface area (Å²) in [6.45, 7) is 0. The highest BCUT2D eigenvalue weighted by Gasteiger charge is 2.06. The van der Waals surface area contributed by atoms with Crippen molar-refractivity contribution < 1.29 is 9.72 Å². The van der Waals surface area contributed by atoms with Gasteiger partial charge in [-0.05, 0) is 36.4 Å². The van der Waals surface area contributed by atoms with Gasteiger partial charge in [-0.1, -0.05) is 11.6 Å². The Hall–Kier alpha value is -2.66. The lowest BCUT2D eigenvalue weighted by atomic mass is 10.1. The Kier molecular flexibility index (Phi) is 4.68. The summed E-state index contributed by atoms with van der Waals surface area (Å²) in [5.41, 5.74) is 1.14. The number of hydrogen-bond donors (Lipinski definition) is 1. The second-order valence-electron chi connectivity index (χ2n) is 4.15. The van der Waals surface area contributed by atoms with Crippen LogP contribution in [0.15, 0.2) is 60.8 Å². The number of allylic oxidation sites excluding steroid dienone is 1. The predicted octanol–water partition coefficient (Wildman–Crippen LogP) is 4.06. The molecule has 0 aliphatic heterocycles. The predicted molar refractivity (Wildman–Crippen MR) is 81.6 cm³/mol. The van der Waals surface area contributed by atoms with Gasteiger partial charge >= 0.3 is 0 Å². The van der Waals surface area contributed by atoms with Crippen molar-refractivity contribution in [2.24, 2.45) is 0 Å². The van der Waals surface area contributed by atoms with Crippen molar-refractivity contribution in [1.29, 1.82) is 0 Å². The number of non-ortho nitro benzene ring substituents is 1. The van der Waals surface area contributed by atoms with Gasteiger partial charge in [-0.2, -0.15) is 0 Å². The summed E-state index contributed by atoms with van der Waals surface area (Å²) < 4.78 is 0. The number of halogens is 1. The summed E-state index contributed by atoms with van der Waals surface area (Å²) in [6, 6.07) is 12.5. The molecule has 0 saturated carbocycles. The van der Waals surface area contributed by atoms with Crippen LogP contribution in [0.2, 0.25) is 5.02 Å². The fraction of sp³-hybridized carbons (Fsp3) is 0. The number of nitrogens with zero attached hydrogens (tertiary/aromatic N) is 1. The Bertz CT molecular complexity index is 679. The van der Waals surface area contributed by atoms with E-state index in [0.29, 0.717) is 10.6 Å². The average Bonchev–Trinajstić information content (AvgIpc) is 2.49. The van der Waals surface area contributed by atoms with Crippen molar-refractivity contribution in [1.82, 2.24) is 0 Å². The summed E-state index contributed by atoms with van der Waals surface area (Å²) in [6.07, 6.45) is 2.86. The van der Waals surface area contributed by atoms with Crippen molar-refractivity contribution >= 4 is 28.8 Å². The van der Waals surface area contributed by atoms with Crippen LogP contribution in [-0.2, 0) is 0 Å². The highest BCUT2D eigenvalue weighted by molar-refractivity contribution is 6.30. The minimum atomic E-state index is -0.508. The average molecular weight is 303 g/mol. The second kappa shape index (κ2) is 6.67. The van der Waals surface area contributed by atoms with Crippen LogP contribution in [0.3, 0.4) is 0 Å². The van der Waals surface area contributed by atoms with E-state index in [9.17, 15) is 14.9 Å². The number of ketones is 1. The molecule has 2 rings (SSSR count). The van der Waals surface area contributed by atoms with Crippen LogP contribution >= 0.6 is 11.6 Å². The van der Waals surface area contributed by atoms with E-state index in [1.54, 1.807) is 24.3 Å². The van der Waals surface area contributed by atoms with Gasteiger partial charge in [0.05, 0.1) is 4.92 Å². The van der Waals surface area contributed by atoms with Crippen LogP contribution in [0.5, 0.6) is 0 Å². The van der Waals surface area contributed by atoms with Crippen LogP contribution in [-0.4, -0.2) is 10.7 Å². The van der Waals surface area contributed by atoms with E-state index >= 15 is 0 Å². The molecule has 0 atom stereocenters. The molecule has 106 valence electrons. The second-order valence-corrected chi connectivity index (χ2v) is 4.59. The third kappa shape index (κ3) is 4.15. The van der Waals surface area contributed by atoms with E-state index in [2.05, 4.69) is 5.32 Å². The Balaban J connectivity index is 1.98. The van der Waals surface area contributed by atoms with E-state index in [1.165, 1.54) is 36.5 Å². The molecule has 0 aromatic heterocycles. The molecule has 0 radical (unpaired) electrons. The van der Waals surface area contributed by atoms with E-state index in [-0.39, 0.29) is 11.5 Å². The summed E-state index contributed by atoms with van der Waals surface area (Å²) in [7, 11) is 0. The molecule has 0 fully saturated rings. The maximum Gasteiger partial charge on any atom is 0.269 e. The molecule has 0 aliphatic carbocycles. The standard InChI is InChI=1S/C15H11ClN2O3/c16-12-3-5-13(6-4-12)17-10-9-15(19)11-1-7-14(8-2-11)18(20)21/h1-10,17H. The van der Waals surface area contributed by atoms with Gasteiger partial charge in [-0.3, -0.25) is 14.9 Å². The molecule has 0 amide bonds. The third-order valence-corrected chi connectivity index (χ3v) is 2.94. The van der Waals surface area contributed by atoms with Crippen molar-refractivity contribution in [3.05, 3.63) is 81.5 Å². The molecular formula is C15H11ClN2O3. The molecule has 0 unspecified atom stereocenters. The van der Waals surface area contributed by atoms with Crippen molar-refractivity contribution in [2.75, 3.05) is 5.32 Å². The van der Waals surface area contributed by atoms with Crippen molar-refractivity contribution in [3.63, 3.8) is 0 Å². The Labute approximate surface area is 126 Å². The van der Waals surface area contributed by atoms with Crippen LogP contribution in [0.25, 0.3) is 0 Å². The van der Waals surface area contributed by atoms with Crippen LogP contribution < -0.4 is 5.32 Å². The molecule has 0 spiro atoms. The van der Waals surface area contributed by atoms with E-state index in [4.69, 9.17) is 11.6 Å². The van der Waals surface area contributed by atoms with Crippen LogP contribution in [0.1, 0.15) is 10.4 Å². The minimum Gasteiger partial charge on any atom is -0.362 e. The lowest BCUT2D eigenvalue weighted by Gasteiger charge is -2.00. The summed E-state index contributed by atoms with van der Waals surface area (Å²) in [4.78, 5) is 21.9. The van der Waals surface area contributed by atoms with E-state index in [1.807, 2.05) is 0 Å². The number of benzene rings is 2. The van der Waals surface area contributed by atoms with Gasteiger partial charge in [-0.25, -0.2) is 0 Å². The Morgan fingerprint density at radius 2 is 1.71 bits per heavy atom. The van der Waals surface area contributed by atoms with Gasteiger partial charge in [0, 0.05) is 40.7 Å². The smallest absolute Gasteiger partial charge is 0.269 e.